The molecule has 4 aliphatic carbocycles. The summed E-state index contributed by atoms with van der Waals surface area (Å²) in [5.74, 6) is 2.45. The first-order chi connectivity index (χ1) is 10.5. The number of allylic oxidation sites excluding steroid dienone is 1. The zero-order chi connectivity index (χ0) is 15.5. The Kier molecular flexibility index (Phi) is 3.31. The lowest BCUT2D eigenvalue weighted by molar-refractivity contribution is -0.0309. The summed E-state index contributed by atoms with van der Waals surface area (Å²) in [6, 6.07) is 0.441. The van der Waals surface area contributed by atoms with E-state index < -0.39 is 0 Å². The van der Waals surface area contributed by atoms with Crippen molar-refractivity contribution in [1.29, 1.82) is 0 Å². The van der Waals surface area contributed by atoms with Crippen molar-refractivity contribution in [3.05, 3.63) is 16.6 Å². The monoisotopic (exact) mass is 302 g/mol. The van der Waals surface area contributed by atoms with E-state index in [1.807, 2.05) is 0 Å². The Morgan fingerprint density at radius 3 is 2.73 bits per heavy atom. The van der Waals surface area contributed by atoms with Crippen LogP contribution in [0.1, 0.15) is 65.2 Å². The second-order valence-electron chi connectivity index (χ2n) is 8.99. The zero-order valence-corrected chi connectivity index (χ0v) is 14.1. The van der Waals surface area contributed by atoms with E-state index in [1.165, 1.54) is 32.1 Å². The summed E-state index contributed by atoms with van der Waals surface area (Å²) in [6.45, 7) is 4.94. The maximum Gasteiger partial charge on any atom is 0.0957 e. The molecule has 4 aliphatic rings. The van der Waals surface area contributed by atoms with Gasteiger partial charge in [-0.05, 0) is 80.0 Å². The van der Waals surface area contributed by atoms with Gasteiger partial charge >= 0.3 is 0 Å². The number of nitrogens with zero attached hydrogens (tertiary/aromatic N) is 1. The molecule has 0 radical (unpaired) electrons. The smallest absolute Gasteiger partial charge is 0.0957 e. The number of rotatable bonds is 1. The Hall–Kier alpha value is -0.700. The molecule has 0 amide bonds. The molecule has 7 atom stereocenters. The Balaban J connectivity index is 1.66. The Labute approximate surface area is 134 Å². The lowest BCUT2D eigenvalue weighted by Gasteiger charge is -2.57. The van der Waals surface area contributed by atoms with Crippen LogP contribution in [0, 0.1) is 33.5 Å². The summed E-state index contributed by atoms with van der Waals surface area (Å²) >= 11 is 0. The lowest BCUT2D eigenvalue weighted by atomic mass is 9.48. The first kappa shape index (κ1) is 14.9. The zero-order valence-electron chi connectivity index (χ0n) is 14.1. The molecule has 0 aromatic carbocycles. The third-order valence-corrected chi connectivity index (χ3v) is 8.30. The average molecular weight is 302 g/mol. The molecule has 7 unspecified atom stereocenters. The minimum Gasteiger partial charge on any atom is -0.327 e. The summed E-state index contributed by atoms with van der Waals surface area (Å²) in [5, 5.41) is 3.34. The van der Waals surface area contributed by atoms with Gasteiger partial charge in [0.1, 0.15) is 0 Å². The Morgan fingerprint density at radius 1 is 1.14 bits per heavy atom. The van der Waals surface area contributed by atoms with Gasteiger partial charge in [0.25, 0.3) is 0 Å². The first-order valence-corrected chi connectivity index (χ1v) is 9.26. The van der Waals surface area contributed by atoms with Gasteiger partial charge in [-0.15, -0.1) is 0 Å². The van der Waals surface area contributed by atoms with E-state index in [1.54, 1.807) is 5.57 Å². The molecule has 2 N–H and O–H groups in total. The SMILES string of the molecule is CC12CCC(N=O)CC1=CCC1C2CCC2(C)C(N)CCC12. The second kappa shape index (κ2) is 4.90. The van der Waals surface area contributed by atoms with Crippen LogP contribution in [-0.2, 0) is 0 Å². The largest absolute Gasteiger partial charge is 0.327 e. The summed E-state index contributed by atoms with van der Waals surface area (Å²) < 4.78 is 0. The van der Waals surface area contributed by atoms with Crippen molar-refractivity contribution in [2.24, 2.45) is 39.5 Å². The Bertz CT molecular complexity index is 516. The summed E-state index contributed by atoms with van der Waals surface area (Å²) in [4.78, 5) is 11.0. The average Bonchev–Trinajstić information content (AvgIpc) is 2.82. The fraction of sp³-hybridized carbons (Fsp3) is 0.895. The number of hydrogen-bond acceptors (Lipinski definition) is 3. The highest BCUT2D eigenvalue weighted by molar-refractivity contribution is 5.26. The van der Waals surface area contributed by atoms with Gasteiger partial charge in [-0.3, -0.25) is 0 Å². The molecule has 3 nitrogen and oxygen atoms in total. The molecule has 3 heteroatoms. The van der Waals surface area contributed by atoms with E-state index in [9.17, 15) is 4.91 Å². The van der Waals surface area contributed by atoms with Gasteiger partial charge < -0.3 is 5.73 Å². The quantitative estimate of drug-likeness (QED) is 0.576. The molecular weight excluding hydrogens is 272 g/mol. The Morgan fingerprint density at radius 2 is 1.95 bits per heavy atom. The molecule has 0 heterocycles. The third-order valence-electron chi connectivity index (χ3n) is 8.30. The summed E-state index contributed by atoms with van der Waals surface area (Å²) in [6.07, 6.45) is 12.0. The predicted molar refractivity (Wildman–Crippen MR) is 89.3 cm³/mol. The standard InChI is InChI=1S/C19H30N2O/c1-18-9-7-13(21-22)11-12(18)3-4-14-15-5-6-17(20)19(15,2)10-8-16(14)18/h3,13-17H,4-11,20H2,1-2H3. The van der Waals surface area contributed by atoms with Crippen LogP contribution >= 0.6 is 0 Å². The maximum atomic E-state index is 11.0. The minimum absolute atomic E-state index is 0.0321. The number of hydrogen-bond donors (Lipinski definition) is 1. The maximum absolute atomic E-state index is 11.0. The van der Waals surface area contributed by atoms with Gasteiger partial charge in [0, 0.05) is 6.04 Å². The fourth-order valence-corrected chi connectivity index (χ4v) is 6.77. The van der Waals surface area contributed by atoms with Crippen LogP contribution in [-0.4, -0.2) is 12.1 Å². The van der Waals surface area contributed by atoms with E-state index in [4.69, 9.17) is 5.73 Å². The second-order valence-corrected chi connectivity index (χ2v) is 8.99. The van der Waals surface area contributed by atoms with Crippen LogP contribution in [0.5, 0.6) is 0 Å². The molecule has 4 rings (SSSR count). The highest BCUT2D eigenvalue weighted by Gasteiger charge is 2.57. The topological polar surface area (TPSA) is 55.5 Å². The molecule has 0 saturated heterocycles. The van der Waals surface area contributed by atoms with Crippen LogP contribution in [0.3, 0.4) is 0 Å². The van der Waals surface area contributed by atoms with E-state index in [0.29, 0.717) is 16.9 Å². The van der Waals surface area contributed by atoms with E-state index in [-0.39, 0.29) is 6.04 Å². The summed E-state index contributed by atoms with van der Waals surface area (Å²) in [5.41, 5.74) is 8.75. The molecule has 3 saturated carbocycles. The van der Waals surface area contributed by atoms with E-state index in [0.717, 1.165) is 37.0 Å². The van der Waals surface area contributed by atoms with E-state index >= 15 is 0 Å². The fourth-order valence-electron chi connectivity index (χ4n) is 6.77. The summed E-state index contributed by atoms with van der Waals surface area (Å²) in [7, 11) is 0. The molecule has 3 fully saturated rings. The van der Waals surface area contributed by atoms with Crippen LogP contribution in [0.15, 0.2) is 16.8 Å². The van der Waals surface area contributed by atoms with Crippen molar-refractivity contribution in [1.82, 2.24) is 0 Å². The minimum atomic E-state index is 0.0321. The molecule has 0 bridgehead atoms. The van der Waals surface area contributed by atoms with Crippen LogP contribution in [0.4, 0.5) is 0 Å². The highest BCUT2D eigenvalue weighted by Crippen LogP contribution is 2.64. The molecule has 0 aromatic rings. The molecule has 122 valence electrons. The van der Waals surface area contributed by atoms with Crippen molar-refractivity contribution in [2.45, 2.75) is 77.3 Å². The predicted octanol–water partition coefficient (Wildman–Crippen LogP) is 4.41. The molecule has 0 aromatic heterocycles. The van der Waals surface area contributed by atoms with Gasteiger partial charge in [0.2, 0.25) is 0 Å². The van der Waals surface area contributed by atoms with Crippen molar-refractivity contribution >= 4 is 0 Å². The van der Waals surface area contributed by atoms with Gasteiger partial charge in [0.15, 0.2) is 0 Å². The first-order valence-electron chi connectivity index (χ1n) is 9.26. The van der Waals surface area contributed by atoms with Crippen molar-refractivity contribution in [3.63, 3.8) is 0 Å². The lowest BCUT2D eigenvalue weighted by Crippen LogP contribution is -2.52. The van der Waals surface area contributed by atoms with Crippen LogP contribution < -0.4 is 5.73 Å². The molecule has 0 aliphatic heterocycles. The highest BCUT2D eigenvalue weighted by atomic mass is 16.3. The molecular formula is C19H30N2O. The van der Waals surface area contributed by atoms with Crippen molar-refractivity contribution in [3.8, 4) is 0 Å². The number of nitroso groups, excluding NO2 is 1. The van der Waals surface area contributed by atoms with Gasteiger partial charge in [0.05, 0.1) is 6.04 Å². The third kappa shape index (κ3) is 1.84. The van der Waals surface area contributed by atoms with Gasteiger partial charge in [-0.2, -0.15) is 4.91 Å². The number of fused-ring (bicyclic) bond motifs is 5. The van der Waals surface area contributed by atoms with Crippen LogP contribution in [0.2, 0.25) is 0 Å². The van der Waals surface area contributed by atoms with Gasteiger partial charge in [-0.25, -0.2) is 0 Å². The number of nitrogens with two attached hydrogens (primary N) is 1. The van der Waals surface area contributed by atoms with Gasteiger partial charge in [-0.1, -0.05) is 30.7 Å². The van der Waals surface area contributed by atoms with Crippen molar-refractivity contribution < 1.29 is 0 Å². The van der Waals surface area contributed by atoms with Crippen LogP contribution in [0.25, 0.3) is 0 Å². The van der Waals surface area contributed by atoms with E-state index in [2.05, 4.69) is 25.1 Å². The molecule has 22 heavy (non-hydrogen) atoms. The molecule has 0 spiro atoms. The normalized spacial score (nSPS) is 54.0. The van der Waals surface area contributed by atoms with Crippen molar-refractivity contribution in [2.75, 3.05) is 0 Å².